The zero-order chi connectivity index (χ0) is 23.7. The fraction of sp³-hybridized carbons (Fsp3) is 0.240. The first-order chi connectivity index (χ1) is 15.9. The van der Waals surface area contributed by atoms with Crippen molar-refractivity contribution in [1.82, 2.24) is 10.2 Å². The molecule has 174 valence electrons. The number of nitrogens with one attached hydrogen (secondary N) is 2. The highest BCUT2D eigenvalue weighted by Crippen LogP contribution is 2.20. The first-order valence-electron chi connectivity index (χ1n) is 10.7. The van der Waals surface area contributed by atoms with E-state index in [1.807, 2.05) is 32.2 Å². The van der Waals surface area contributed by atoms with Gasteiger partial charge < -0.3 is 15.0 Å². The van der Waals surface area contributed by atoms with Gasteiger partial charge in [-0.2, -0.15) is 0 Å². The van der Waals surface area contributed by atoms with Crippen molar-refractivity contribution < 1.29 is 17.9 Å². The van der Waals surface area contributed by atoms with Crippen LogP contribution in [0.5, 0.6) is 5.75 Å². The minimum absolute atomic E-state index is 0.0187. The first-order valence-corrected chi connectivity index (χ1v) is 12.2. The lowest BCUT2D eigenvalue weighted by Crippen LogP contribution is -2.32. The van der Waals surface area contributed by atoms with Gasteiger partial charge in [0.25, 0.3) is 15.9 Å². The third kappa shape index (κ3) is 7.34. The number of nitrogens with zero attached hydrogens (tertiary/aromatic N) is 1. The van der Waals surface area contributed by atoms with Crippen LogP contribution < -0.4 is 14.8 Å². The van der Waals surface area contributed by atoms with E-state index in [-0.39, 0.29) is 16.4 Å². The van der Waals surface area contributed by atoms with Crippen LogP contribution in [0.15, 0.2) is 83.8 Å². The highest BCUT2D eigenvalue weighted by Gasteiger charge is 2.17. The van der Waals surface area contributed by atoms with E-state index < -0.39 is 10.0 Å². The first kappa shape index (κ1) is 24.3. The van der Waals surface area contributed by atoms with Gasteiger partial charge in [0.15, 0.2) is 0 Å². The lowest BCUT2D eigenvalue weighted by atomic mass is 10.2. The molecule has 0 atom stereocenters. The Balaban J connectivity index is 1.56. The number of hydrogen-bond acceptors (Lipinski definition) is 5. The molecule has 0 spiro atoms. The molecular weight excluding hydrogens is 438 g/mol. The van der Waals surface area contributed by atoms with Crippen molar-refractivity contribution in [1.29, 1.82) is 0 Å². The quantitative estimate of drug-likeness (QED) is 0.449. The standard InChI is InChI=1S/C25H29N3O4S/c1-3-32-23-14-12-22(13-15-23)27-33(30,31)24-11-7-10-21(18-24)25(29)26-16-17-28(2)19-20-8-5-4-6-9-20/h4-15,18,27H,3,16-17,19H2,1-2H3,(H,26,29). The summed E-state index contributed by atoms with van der Waals surface area (Å²) < 4.78 is 33.5. The summed E-state index contributed by atoms with van der Waals surface area (Å²) >= 11 is 0. The number of carbonyl (C=O) groups is 1. The highest BCUT2D eigenvalue weighted by molar-refractivity contribution is 7.92. The minimum Gasteiger partial charge on any atom is -0.494 e. The van der Waals surface area contributed by atoms with Crippen molar-refractivity contribution in [3.05, 3.63) is 90.0 Å². The van der Waals surface area contributed by atoms with Crippen molar-refractivity contribution in [2.75, 3.05) is 31.5 Å². The van der Waals surface area contributed by atoms with Crippen LogP contribution in [0.4, 0.5) is 5.69 Å². The van der Waals surface area contributed by atoms with Gasteiger partial charge in [-0.05, 0) is 62.0 Å². The molecule has 3 aromatic rings. The third-order valence-electron chi connectivity index (χ3n) is 4.90. The van der Waals surface area contributed by atoms with Crippen LogP contribution in [0.1, 0.15) is 22.8 Å². The largest absolute Gasteiger partial charge is 0.494 e. The Kier molecular flexibility index (Phi) is 8.46. The molecule has 0 saturated carbocycles. The summed E-state index contributed by atoms with van der Waals surface area (Å²) in [5.41, 5.74) is 1.90. The third-order valence-corrected chi connectivity index (χ3v) is 6.28. The van der Waals surface area contributed by atoms with Crippen molar-refractivity contribution in [2.24, 2.45) is 0 Å². The van der Waals surface area contributed by atoms with Gasteiger partial charge in [-0.3, -0.25) is 9.52 Å². The Morgan fingerprint density at radius 3 is 2.39 bits per heavy atom. The maximum Gasteiger partial charge on any atom is 0.261 e. The number of carbonyl (C=O) groups excluding carboxylic acids is 1. The van der Waals surface area contributed by atoms with Gasteiger partial charge in [0.2, 0.25) is 0 Å². The van der Waals surface area contributed by atoms with Gasteiger partial charge >= 0.3 is 0 Å². The van der Waals surface area contributed by atoms with Gasteiger partial charge in [0.1, 0.15) is 5.75 Å². The molecule has 0 heterocycles. The molecule has 0 aliphatic heterocycles. The van der Waals surface area contributed by atoms with E-state index >= 15 is 0 Å². The maximum absolute atomic E-state index is 12.8. The molecule has 3 rings (SSSR count). The molecule has 0 radical (unpaired) electrons. The second-order valence-electron chi connectivity index (χ2n) is 7.57. The molecule has 0 fully saturated rings. The van der Waals surface area contributed by atoms with Crippen LogP contribution in [0.3, 0.4) is 0 Å². The predicted molar refractivity (Wildman–Crippen MR) is 130 cm³/mol. The number of sulfonamides is 1. The molecule has 7 nitrogen and oxygen atoms in total. The topological polar surface area (TPSA) is 87.7 Å². The molecule has 1 amide bonds. The van der Waals surface area contributed by atoms with E-state index in [1.54, 1.807) is 36.4 Å². The molecule has 2 N–H and O–H groups in total. The minimum atomic E-state index is -3.84. The van der Waals surface area contributed by atoms with Gasteiger partial charge in [0, 0.05) is 30.9 Å². The van der Waals surface area contributed by atoms with Crippen LogP contribution >= 0.6 is 0 Å². The summed E-state index contributed by atoms with van der Waals surface area (Å²) in [6, 6.07) is 22.7. The van der Waals surface area contributed by atoms with Gasteiger partial charge in [0.05, 0.1) is 11.5 Å². The Morgan fingerprint density at radius 1 is 0.970 bits per heavy atom. The number of likely N-dealkylation sites (N-methyl/N-ethyl adjacent to an activating group) is 1. The molecule has 0 saturated heterocycles. The summed E-state index contributed by atoms with van der Waals surface area (Å²) in [6.45, 7) is 4.30. The van der Waals surface area contributed by atoms with E-state index in [0.717, 1.165) is 6.54 Å². The van der Waals surface area contributed by atoms with E-state index in [9.17, 15) is 13.2 Å². The number of rotatable bonds is 11. The van der Waals surface area contributed by atoms with Crippen molar-refractivity contribution in [3.8, 4) is 5.75 Å². The van der Waals surface area contributed by atoms with Crippen LogP contribution in [0.25, 0.3) is 0 Å². The number of ether oxygens (including phenoxy) is 1. The van der Waals surface area contributed by atoms with Crippen molar-refractivity contribution in [2.45, 2.75) is 18.4 Å². The van der Waals surface area contributed by atoms with Gasteiger partial charge in [-0.15, -0.1) is 0 Å². The lowest BCUT2D eigenvalue weighted by molar-refractivity contribution is 0.0949. The maximum atomic E-state index is 12.8. The fourth-order valence-corrected chi connectivity index (χ4v) is 4.35. The van der Waals surface area contributed by atoms with E-state index in [2.05, 4.69) is 27.1 Å². The predicted octanol–water partition coefficient (Wildman–Crippen LogP) is 3.75. The zero-order valence-corrected chi connectivity index (χ0v) is 19.6. The van der Waals surface area contributed by atoms with Gasteiger partial charge in [-0.25, -0.2) is 8.42 Å². The number of benzene rings is 3. The summed E-state index contributed by atoms with van der Waals surface area (Å²) in [7, 11) is -1.86. The molecular formula is C25H29N3O4S. The summed E-state index contributed by atoms with van der Waals surface area (Å²) in [5.74, 6) is 0.342. The summed E-state index contributed by atoms with van der Waals surface area (Å²) in [4.78, 5) is 14.7. The molecule has 3 aromatic carbocycles. The molecule has 0 bridgehead atoms. The number of anilines is 1. The Morgan fingerprint density at radius 2 is 1.70 bits per heavy atom. The second kappa shape index (κ2) is 11.5. The van der Waals surface area contributed by atoms with Crippen LogP contribution in [-0.2, 0) is 16.6 Å². The van der Waals surface area contributed by atoms with Crippen LogP contribution in [0, 0.1) is 0 Å². The van der Waals surface area contributed by atoms with E-state index in [1.165, 1.54) is 17.7 Å². The normalized spacial score (nSPS) is 11.2. The lowest BCUT2D eigenvalue weighted by Gasteiger charge is -2.17. The number of amides is 1. The van der Waals surface area contributed by atoms with Crippen LogP contribution in [0.2, 0.25) is 0 Å². The van der Waals surface area contributed by atoms with Gasteiger partial charge in [-0.1, -0.05) is 36.4 Å². The Bertz CT molecular complexity index is 1150. The number of hydrogen-bond donors (Lipinski definition) is 2. The van der Waals surface area contributed by atoms with E-state index in [0.29, 0.717) is 31.1 Å². The average molecular weight is 468 g/mol. The summed E-state index contributed by atoms with van der Waals surface area (Å²) in [5, 5.41) is 2.85. The SMILES string of the molecule is CCOc1ccc(NS(=O)(=O)c2cccc(C(=O)NCCN(C)Cc3ccccc3)c2)cc1. The fourth-order valence-electron chi connectivity index (χ4n) is 3.24. The van der Waals surface area contributed by atoms with Crippen LogP contribution in [-0.4, -0.2) is 46.0 Å². The molecule has 0 aliphatic carbocycles. The highest BCUT2D eigenvalue weighted by atomic mass is 32.2. The average Bonchev–Trinajstić information content (AvgIpc) is 2.81. The molecule has 0 aromatic heterocycles. The van der Waals surface area contributed by atoms with Crippen molar-refractivity contribution in [3.63, 3.8) is 0 Å². The smallest absolute Gasteiger partial charge is 0.261 e. The molecule has 0 aliphatic rings. The van der Waals surface area contributed by atoms with E-state index in [4.69, 9.17) is 4.74 Å². The summed E-state index contributed by atoms with van der Waals surface area (Å²) in [6.07, 6.45) is 0. The zero-order valence-electron chi connectivity index (χ0n) is 18.8. The monoisotopic (exact) mass is 467 g/mol. The van der Waals surface area contributed by atoms with Crippen molar-refractivity contribution >= 4 is 21.6 Å². The second-order valence-corrected chi connectivity index (χ2v) is 9.25. The molecule has 33 heavy (non-hydrogen) atoms. The Labute approximate surface area is 195 Å². The molecule has 8 heteroatoms. The Hall–Kier alpha value is -3.36. The molecule has 0 unspecified atom stereocenters.